The number of benzene rings is 2. The van der Waals surface area contributed by atoms with Crippen molar-refractivity contribution in [2.75, 3.05) is 7.11 Å². The number of carbonyl (C=O) groups is 1. The predicted molar refractivity (Wildman–Crippen MR) is 69.7 cm³/mol. The highest BCUT2D eigenvalue weighted by Gasteiger charge is 2.04. The first-order valence-electron chi connectivity index (χ1n) is 5.44. The van der Waals surface area contributed by atoms with Crippen LogP contribution in [0.4, 0.5) is 0 Å². The van der Waals surface area contributed by atoms with Crippen LogP contribution in [0.2, 0.25) is 0 Å². The Labute approximate surface area is 105 Å². The first-order chi connectivity index (χ1) is 8.20. The average Bonchev–Trinajstić information content (AvgIpc) is 2.35. The number of halogens is 1. The van der Waals surface area contributed by atoms with E-state index in [0.717, 1.165) is 22.1 Å². The minimum absolute atomic E-state index is 0.301. The highest BCUT2D eigenvalue weighted by molar-refractivity contribution is 6.63. The Morgan fingerprint density at radius 3 is 2.82 bits per heavy atom. The molecule has 0 bridgehead atoms. The van der Waals surface area contributed by atoms with Gasteiger partial charge < -0.3 is 4.74 Å². The number of ether oxygens (including phenoxy) is 1. The molecule has 0 aliphatic carbocycles. The van der Waals surface area contributed by atoms with Gasteiger partial charge >= 0.3 is 0 Å². The zero-order chi connectivity index (χ0) is 12.3. The van der Waals surface area contributed by atoms with E-state index in [1.165, 1.54) is 0 Å². The van der Waals surface area contributed by atoms with Crippen LogP contribution < -0.4 is 4.74 Å². The lowest BCUT2D eigenvalue weighted by Gasteiger charge is -2.07. The maximum absolute atomic E-state index is 10.8. The summed E-state index contributed by atoms with van der Waals surface area (Å²) in [7, 11) is 1.64. The van der Waals surface area contributed by atoms with E-state index in [0.29, 0.717) is 12.8 Å². The summed E-state index contributed by atoms with van der Waals surface area (Å²) in [4.78, 5) is 10.8. The molecule has 0 saturated heterocycles. The standard InChI is InChI=1S/C14H13ClO2/c1-17-12-7-5-10-3-2-4-11(13(10)9-12)6-8-14(15)16/h2-5,7,9H,6,8H2,1H3. The molecule has 2 rings (SSSR count). The van der Waals surface area contributed by atoms with Crippen LogP contribution in [0.25, 0.3) is 10.8 Å². The average molecular weight is 249 g/mol. The van der Waals surface area contributed by atoms with Crippen molar-refractivity contribution in [3.63, 3.8) is 0 Å². The Morgan fingerprint density at radius 2 is 2.12 bits per heavy atom. The summed E-state index contributed by atoms with van der Waals surface area (Å²) in [6.45, 7) is 0. The predicted octanol–water partition coefficient (Wildman–Crippen LogP) is 3.55. The number of carbonyl (C=O) groups excluding carboxylic acids is 1. The third kappa shape index (κ3) is 2.77. The molecule has 0 aromatic heterocycles. The van der Waals surface area contributed by atoms with Crippen LogP contribution in [0, 0.1) is 0 Å². The van der Waals surface area contributed by atoms with E-state index in [2.05, 4.69) is 0 Å². The first-order valence-corrected chi connectivity index (χ1v) is 5.82. The molecule has 0 N–H and O–H groups in total. The van der Waals surface area contributed by atoms with E-state index < -0.39 is 0 Å². The number of aryl methyl sites for hydroxylation is 1. The van der Waals surface area contributed by atoms with Crippen molar-refractivity contribution in [1.82, 2.24) is 0 Å². The number of methoxy groups -OCH3 is 1. The second-order valence-corrected chi connectivity index (χ2v) is 4.28. The van der Waals surface area contributed by atoms with Gasteiger partial charge in [0, 0.05) is 6.42 Å². The minimum Gasteiger partial charge on any atom is -0.497 e. The maximum Gasteiger partial charge on any atom is 0.221 e. The highest BCUT2D eigenvalue weighted by Crippen LogP contribution is 2.25. The Kier molecular flexibility index (Phi) is 3.64. The molecule has 0 radical (unpaired) electrons. The molecule has 3 heteroatoms. The van der Waals surface area contributed by atoms with Gasteiger partial charge in [-0.15, -0.1) is 0 Å². The van der Waals surface area contributed by atoms with Crippen molar-refractivity contribution in [2.24, 2.45) is 0 Å². The van der Waals surface area contributed by atoms with Crippen LogP contribution in [0.3, 0.4) is 0 Å². The number of hydrogen-bond acceptors (Lipinski definition) is 2. The summed E-state index contributed by atoms with van der Waals surface area (Å²) in [5.41, 5.74) is 1.12. The molecule has 2 aromatic carbocycles. The lowest BCUT2D eigenvalue weighted by molar-refractivity contribution is -0.111. The third-order valence-corrected chi connectivity index (χ3v) is 2.96. The van der Waals surface area contributed by atoms with E-state index in [9.17, 15) is 4.79 Å². The number of fused-ring (bicyclic) bond motifs is 1. The summed E-state index contributed by atoms with van der Waals surface area (Å²) in [5, 5.41) is 1.96. The van der Waals surface area contributed by atoms with Crippen LogP contribution >= 0.6 is 11.6 Å². The molecule has 0 amide bonds. The largest absolute Gasteiger partial charge is 0.497 e. The molecule has 0 atom stereocenters. The fraction of sp³-hybridized carbons (Fsp3) is 0.214. The molecule has 2 nitrogen and oxygen atoms in total. The first kappa shape index (κ1) is 11.9. The Hall–Kier alpha value is -1.54. The lowest BCUT2D eigenvalue weighted by Crippen LogP contribution is -1.93. The fourth-order valence-corrected chi connectivity index (χ4v) is 1.99. The van der Waals surface area contributed by atoms with E-state index in [4.69, 9.17) is 16.3 Å². The van der Waals surface area contributed by atoms with E-state index in [-0.39, 0.29) is 5.24 Å². The van der Waals surface area contributed by atoms with E-state index >= 15 is 0 Å². The second kappa shape index (κ2) is 5.19. The van der Waals surface area contributed by atoms with Crippen molar-refractivity contribution in [1.29, 1.82) is 0 Å². The van der Waals surface area contributed by atoms with Gasteiger partial charge in [-0.2, -0.15) is 0 Å². The summed E-state index contributed by atoms with van der Waals surface area (Å²) in [6, 6.07) is 12.0. The molecule has 0 heterocycles. The topological polar surface area (TPSA) is 26.3 Å². The van der Waals surface area contributed by atoms with Crippen LogP contribution in [0.5, 0.6) is 5.75 Å². The monoisotopic (exact) mass is 248 g/mol. The summed E-state index contributed by atoms with van der Waals surface area (Å²) < 4.78 is 5.21. The molecular weight excluding hydrogens is 236 g/mol. The lowest BCUT2D eigenvalue weighted by atomic mass is 10.0. The zero-order valence-electron chi connectivity index (χ0n) is 9.57. The molecule has 0 fully saturated rings. The van der Waals surface area contributed by atoms with E-state index in [1.807, 2.05) is 36.4 Å². The van der Waals surface area contributed by atoms with Gasteiger partial charge in [-0.05, 0) is 46.5 Å². The van der Waals surface area contributed by atoms with Crippen LogP contribution in [0.1, 0.15) is 12.0 Å². The van der Waals surface area contributed by atoms with Crippen molar-refractivity contribution < 1.29 is 9.53 Å². The molecule has 0 aliphatic heterocycles. The van der Waals surface area contributed by atoms with Gasteiger partial charge in [-0.3, -0.25) is 4.79 Å². The van der Waals surface area contributed by atoms with Crippen molar-refractivity contribution in [3.05, 3.63) is 42.0 Å². The molecule has 17 heavy (non-hydrogen) atoms. The van der Waals surface area contributed by atoms with E-state index in [1.54, 1.807) is 7.11 Å². The van der Waals surface area contributed by atoms with Crippen LogP contribution in [0.15, 0.2) is 36.4 Å². The smallest absolute Gasteiger partial charge is 0.221 e. The SMILES string of the molecule is COc1ccc2cccc(CCC(=O)Cl)c2c1. The third-order valence-electron chi connectivity index (χ3n) is 2.77. The van der Waals surface area contributed by atoms with Gasteiger partial charge in [0.1, 0.15) is 5.75 Å². The summed E-state index contributed by atoms with van der Waals surface area (Å²) in [6.07, 6.45) is 1.02. The molecule has 0 spiro atoms. The Morgan fingerprint density at radius 1 is 1.29 bits per heavy atom. The van der Waals surface area contributed by atoms with Crippen molar-refractivity contribution >= 4 is 27.6 Å². The molecule has 0 unspecified atom stereocenters. The summed E-state index contributed by atoms with van der Waals surface area (Å²) in [5.74, 6) is 0.821. The molecular formula is C14H13ClO2. The van der Waals surface area contributed by atoms with Crippen molar-refractivity contribution in [2.45, 2.75) is 12.8 Å². The minimum atomic E-state index is -0.301. The quantitative estimate of drug-likeness (QED) is 0.774. The fourth-order valence-electron chi connectivity index (χ4n) is 1.89. The van der Waals surface area contributed by atoms with Gasteiger partial charge in [0.15, 0.2) is 0 Å². The molecule has 88 valence electrons. The molecule has 0 saturated carbocycles. The van der Waals surface area contributed by atoms with Crippen molar-refractivity contribution in [3.8, 4) is 5.75 Å². The Bertz CT molecular complexity index is 549. The van der Waals surface area contributed by atoms with Gasteiger partial charge in [-0.1, -0.05) is 24.3 Å². The number of rotatable bonds is 4. The molecule has 2 aromatic rings. The number of hydrogen-bond donors (Lipinski definition) is 0. The molecule has 0 aliphatic rings. The Balaban J connectivity index is 2.43. The van der Waals surface area contributed by atoms with Gasteiger partial charge in [0.05, 0.1) is 7.11 Å². The van der Waals surface area contributed by atoms with Gasteiger partial charge in [0.2, 0.25) is 5.24 Å². The second-order valence-electron chi connectivity index (χ2n) is 3.86. The highest BCUT2D eigenvalue weighted by atomic mass is 35.5. The normalized spacial score (nSPS) is 10.5. The van der Waals surface area contributed by atoms with Gasteiger partial charge in [0.25, 0.3) is 0 Å². The summed E-state index contributed by atoms with van der Waals surface area (Å²) >= 11 is 5.37. The van der Waals surface area contributed by atoms with Crippen LogP contribution in [-0.2, 0) is 11.2 Å². The van der Waals surface area contributed by atoms with Crippen LogP contribution in [-0.4, -0.2) is 12.4 Å². The zero-order valence-corrected chi connectivity index (χ0v) is 10.3. The van der Waals surface area contributed by atoms with Gasteiger partial charge in [-0.25, -0.2) is 0 Å². The maximum atomic E-state index is 10.8.